The maximum absolute atomic E-state index is 13.8. The maximum Gasteiger partial charge on any atom is 0.243 e. The third-order valence-electron chi connectivity index (χ3n) is 3.62. The van der Waals surface area contributed by atoms with E-state index in [1.807, 2.05) is 13.8 Å². The number of benzene rings is 1. The molecule has 3 nitrogen and oxygen atoms in total. The van der Waals surface area contributed by atoms with Crippen molar-refractivity contribution in [1.82, 2.24) is 4.31 Å². The average Bonchev–Trinajstić information content (AvgIpc) is 2.42. The maximum atomic E-state index is 13.8. The first-order valence-corrected chi connectivity index (χ1v) is 8.60. The Labute approximate surface area is 125 Å². The SMILES string of the molecule is CCC(CC)N(C)S(=O)(=O)c1cc(CCl)cc(F)c1C. The summed E-state index contributed by atoms with van der Waals surface area (Å²) >= 11 is 5.69. The minimum atomic E-state index is -3.71. The number of sulfonamides is 1. The normalized spacial score (nSPS) is 12.4. The zero-order valence-corrected chi connectivity index (χ0v) is 13.9. The van der Waals surface area contributed by atoms with E-state index in [9.17, 15) is 12.8 Å². The molecule has 114 valence electrons. The quantitative estimate of drug-likeness (QED) is 0.749. The number of hydrogen-bond acceptors (Lipinski definition) is 2. The first kappa shape index (κ1) is 17.4. The van der Waals surface area contributed by atoms with E-state index in [2.05, 4.69) is 0 Å². The molecule has 0 heterocycles. The van der Waals surface area contributed by atoms with E-state index >= 15 is 0 Å². The van der Waals surface area contributed by atoms with Gasteiger partial charge in [0.1, 0.15) is 5.82 Å². The highest BCUT2D eigenvalue weighted by atomic mass is 35.5. The molecule has 0 atom stereocenters. The fraction of sp³-hybridized carbons (Fsp3) is 0.571. The van der Waals surface area contributed by atoms with Crippen molar-refractivity contribution in [2.24, 2.45) is 0 Å². The van der Waals surface area contributed by atoms with Gasteiger partial charge in [-0.2, -0.15) is 4.31 Å². The molecular formula is C14H21ClFNO2S. The van der Waals surface area contributed by atoms with Crippen molar-refractivity contribution in [2.45, 2.75) is 50.4 Å². The molecule has 0 aromatic heterocycles. The highest BCUT2D eigenvalue weighted by molar-refractivity contribution is 7.89. The van der Waals surface area contributed by atoms with Crippen LogP contribution in [0.4, 0.5) is 4.39 Å². The lowest BCUT2D eigenvalue weighted by atomic mass is 10.1. The minimum absolute atomic E-state index is 0.00236. The molecule has 1 rings (SSSR count). The second kappa shape index (κ2) is 6.87. The van der Waals surface area contributed by atoms with Crippen molar-refractivity contribution in [3.05, 3.63) is 29.1 Å². The molecule has 0 bridgehead atoms. The monoisotopic (exact) mass is 321 g/mol. The molecule has 0 aliphatic rings. The molecule has 0 saturated carbocycles. The summed E-state index contributed by atoms with van der Waals surface area (Å²) in [6, 6.07) is 2.64. The largest absolute Gasteiger partial charge is 0.243 e. The van der Waals surface area contributed by atoms with Crippen molar-refractivity contribution < 1.29 is 12.8 Å². The highest BCUT2D eigenvalue weighted by Gasteiger charge is 2.28. The van der Waals surface area contributed by atoms with Gasteiger partial charge >= 0.3 is 0 Å². The van der Waals surface area contributed by atoms with Crippen LogP contribution in [0.5, 0.6) is 0 Å². The summed E-state index contributed by atoms with van der Waals surface area (Å²) < 4.78 is 40.5. The van der Waals surface area contributed by atoms with E-state index in [4.69, 9.17) is 11.6 Å². The summed E-state index contributed by atoms with van der Waals surface area (Å²) in [6.45, 7) is 5.34. The molecule has 1 aromatic rings. The topological polar surface area (TPSA) is 37.4 Å². The predicted octanol–water partition coefficient (Wildman–Crippen LogP) is 3.68. The summed E-state index contributed by atoms with van der Waals surface area (Å²) in [5.41, 5.74) is 0.600. The van der Waals surface area contributed by atoms with Crippen LogP contribution in [-0.4, -0.2) is 25.8 Å². The molecule has 1 aromatic carbocycles. The smallest absolute Gasteiger partial charge is 0.207 e. The Balaban J connectivity index is 3.38. The Morgan fingerprint density at radius 1 is 1.30 bits per heavy atom. The van der Waals surface area contributed by atoms with Crippen LogP contribution in [0, 0.1) is 12.7 Å². The van der Waals surface area contributed by atoms with Crippen LogP contribution in [0.3, 0.4) is 0 Å². The zero-order valence-electron chi connectivity index (χ0n) is 12.3. The molecule has 20 heavy (non-hydrogen) atoms. The Bertz CT molecular complexity index is 571. The molecule has 0 N–H and O–H groups in total. The van der Waals surface area contributed by atoms with Crippen molar-refractivity contribution >= 4 is 21.6 Å². The molecule has 0 fully saturated rings. The molecule has 0 unspecified atom stereocenters. The Kier molecular flexibility index (Phi) is 5.98. The van der Waals surface area contributed by atoms with Crippen LogP contribution in [0.2, 0.25) is 0 Å². The van der Waals surface area contributed by atoms with Gasteiger partial charge in [0.2, 0.25) is 10.0 Å². The molecule has 0 radical (unpaired) electrons. The molecule has 0 aliphatic carbocycles. The molecule has 0 amide bonds. The average molecular weight is 322 g/mol. The van der Waals surface area contributed by atoms with Gasteiger partial charge in [0.25, 0.3) is 0 Å². The van der Waals surface area contributed by atoms with E-state index in [-0.39, 0.29) is 22.4 Å². The van der Waals surface area contributed by atoms with Gasteiger partial charge < -0.3 is 0 Å². The second-order valence-corrected chi connectivity index (χ2v) is 7.06. The van der Waals surface area contributed by atoms with Crippen molar-refractivity contribution in [3.8, 4) is 0 Å². The van der Waals surface area contributed by atoms with Crippen LogP contribution in [0.1, 0.15) is 37.8 Å². The van der Waals surface area contributed by atoms with Crippen LogP contribution in [0.15, 0.2) is 17.0 Å². The molecular weight excluding hydrogens is 301 g/mol. The van der Waals surface area contributed by atoms with Gasteiger partial charge in [-0.3, -0.25) is 0 Å². The lowest BCUT2D eigenvalue weighted by Crippen LogP contribution is -2.36. The van der Waals surface area contributed by atoms with E-state index in [1.54, 1.807) is 0 Å². The minimum Gasteiger partial charge on any atom is -0.207 e. The molecule has 0 aliphatic heterocycles. The fourth-order valence-corrected chi connectivity index (χ4v) is 4.15. The Hall–Kier alpha value is -0.650. The molecule has 0 spiro atoms. The number of nitrogens with zero attached hydrogens (tertiary/aromatic N) is 1. The number of hydrogen-bond donors (Lipinski definition) is 0. The summed E-state index contributed by atoms with van der Waals surface area (Å²) in [5.74, 6) is -0.464. The van der Waals surface area contributed by atoms with Crippen LogP contribution in [-0.2, 0) is 15.9 Å². The lowest BCUT2D eigenvalue weighted by molar-refractivity contribution is 0.349. The fourth-order valence-electron chi connectivity index (χ4n) is 2.21. The first-order chi connectivity index (χ1) is 9.29. The van der Waals surface area contributed by atoms with Gasteiger partial charge in [-0.05, 0) is 37.5 Å². The van der Waals surface area contributed by atoms with Gasteiger partial charge in [0, 0.05) is 24.5 Å². The molecule has 0 saturated heterocycles. The van der Waals surface area contributed by atoms with E-state index in [0.29, 0.717) is 18.4 Å². The van der Waals surface area contributed by atoms with Crippen molar-refractivity contribution in [1.29, 1.82) is 0 Å². The highest BCUT2D eigenvalue weighted by Crippen LogP contribution is 2.26. The van der Waals surface area contributed by atoms with Gasteiger partial charge in [0.15, 0.2) is 0 Å². The zero-order chi connectivity index (χ0) is 15.5. The summed E-state index contributed by atoms with van der Waals surface area (Å²) in [6.07, 6.45) is 1.42. The summed E-state index contributed by atoms with van der Waals surface area (Å²) in [4.78, 5) is 0.00236. The van der Waals surface area contributed by atoms with Crippen LogP contribution < -0.4 is 0 Å². The van der Waals surface area contributed by atoms with E-state index < -0.39 is 15.8 Å². The van der Waals surface area contributed by atoms with Gasteiger partial charge in [-0.15, -0.1) is 11.6 Å². The van der Waals surface area contributed by atoms with Gasteiger partial charge in [-0.1, -0.05) is 13.8 Å². The third kappa shape index (κ3) is 3.32. The van der Waals surface area contributed by atoms with Crippen LogP contribution >= 0.6 is 11.6 Å². The standard InChI is InChI=1S/C14H21ClFNO2S/c1-5-12(6-2)17(4)20(18,19)14-8-11(9-15)7-13(16)10(14)3/h7-8,12H,5-6,9H2,1-4H3. The van der Waals surface area contributed by atoms with E-state index in [1.165, 1.54) is 30.4 Å². The summed E-state index contributed by atoms with van der Waals surface area (Å²) in [5, 5.41) is 0. The Morgan fingerprint density at radius 3 is 2.30 bits per heavy atom. The predicted molar refractivity (Wildman–Crippen MR) is 80.0 cm³/mol. The number of halogens is 2. The first-order valence-electron chi connectivity index (χ1n) is 6.62. The van der Waals surface area contributed by atoms with Gasteiger partial charge in [0.05, 0.1) is 4.90 Å². The molecule has 6 heteroatoms. The van der Waals surface area contributed by atoms with Gasteiger partial charge in [-0.25, -0.2) is 12.8 Å². The number of rotatable bonds is 6. The second-order valence-electron chi connectivity index (χ2n) is 4.83. The number of alkyl halides is 1. The van der Waals surface area contributed by atoms with Crippen LogP contribution in [0.25, 0.3) is 0 Å². The lowest BCUT2D eigenvalue weighted by Gasteiger charge is -2.26. The van der Waals surface area contributed by atoms with Crippen molar-refractivity contribution in [3.63, 3.8) is 0 Å². The van der Waals surface area contributed by atoms with E-state index in [0.717, 1.165) is 0 Å². The Morgan fingerprint density at radius 2 is 1.85 bits per heavy atom. The third-order valence-corrected chi connectivity index (χ3v) is 5.97. The summed E-state index contributed by atoms with van der Waals surface area (Å²) in [7, 11) is -2.17. The van der Waals surface area contributed by atoms with Crippen molar-refractivity contribution in [2.75, 3.05) is 7.05 Å².